The summed E-state index contributed by atoms with van der Waals surface area (Å²) in [6, 6.07) is 7.16. The van der Waals surface area contributed by atoms with Gasteiger partial charge < -0.3 is 11.1 Å². The number of hydrogen-bond acceptors (Lipinski definition) is 7. The van der Waals surface area contributed by atoms with E-state index in [2.05, 4.69) is 30.9 Å². The number of carbonyl (C=O) groups is 1. The Labute approximate surface area is 136 Å². The van der Waals surface area contributed by atoms with E-state index in [0.29, 0.717) is 28.6 Å². The number of nitrogens with two attached hydrogens (primary N) is 1. The van der Waals surface area contributed by atoms with Crippen molar-refractivity contribution in [3.63, 3.8) is 0 Å². The smallest absolute Gasteiger partial charge is 0.252 e. The fourth-order valence-corrected chi connectivity index (χ4v) is 2.75. The lowest BCUT2D eigenvalue weighted by atomic mass is 10.1. The molecule has 0 fully saturated rings. The molecule has 23 heavy (non-hydrogen) atoms. The minimum atomic E-state index is -0.164. The molecule has 3 rings (SSSR count). The molecule has 3 aromatic rings. The van der Waals surface area contributed by atoms with E-state index >= 15 is 0 Å². The number of anilines is 1. The van der Waals surface area contributed by atoms with Crippen LogP contribution in [0, 0.1) is 0 Å². The number of tetrazole rings is 1. The molecule has 0 saturated heterocycles. The summed E-state index contributed by atoms with van der Waals surface area (Å²) >= 11 is 1.42. The maximum absolute atomic E-state index is 12.3. The van der Waals surface area contributed by atoms with Crippen LogP contribution in [0.25, 0.3) is 11.4 Å². The van der Waals surface area contributed by atoms with Gasteiger partial charge in [0.05, 0.1) is 11.3 Å². The summed E-state index contributed by atoms with van der Waals surface area (Å²) < 4.78 is 0. The Morgan fingerprint density at radius 2 is 2.22 bits per heavy atom. The number of nitrogens with zero attached hydrogens (tertiary/aromatic N) is 4. The number of thiazole rings is 1. The van der Waals surface area contributed by atoms with Crippen LogP contribution in [0.5, 0.6) is 0 Å². The van der Waals surface area contributed by atoms with Crippen molar-refractivity contribution in [2.45, 2.75) is 12.8 Å². The second-order valence-electron chi connectivity index (χ2n) is 4.82. The Morgan fingerprint density at radius 1 is 1.35 bits per heavy atom. The van der Waals surface area contributed by atoms with Gasteiger partial charge in [0.15, 0.2) is 5.13 Å². The zero-order valence-corrected chi connectivity index (χ0v) is 13.0. The SMILES string of the molecule is Nc1nc(CCCNC(=O)c2ccccc2-c2nn[nH]n2)cs1. The molecule has 8 nitrogen and oxygen atoms in total. The molecule has 2 aromatic heterocycles. The lowest BCUT2D eigenvalue weighted by molar-refractivity contribution is 0.0954. The number of nitrogens with one attached hydrogen (secondary N) is 2. The molecule has 0 bridgehead atoms. The number of carbonyl (C=O) groups excluding carboxylic acids is 1. The minimum absolute atomic E-state index is 0.164. The second-order valence-corrected chi connectivity index (χ2v) is 5.71. The highest BCUT2D eigenvalue weighted by Gasteiger charge is 2.14. The van der Waals surface area contributed by atoms with E-state index in [1.165, 1.54) is 11.3 Å². The largest absolute Gasteiger partial charge is 0.375 e. The molecule has 4 N–H and O–H groups in total. The summed E-state index contributed by atoms with van der Waals surface area (Å²) in [7, 11) is 0. The zero-order valence-electron chi connectivity index (χ0n) is 12.2. The van der Waals surface area contributed by atoms with Crippen molar-refractivity contribution in [1.29, 1.82) is 0 Å². The van der Waals surface area contributed by atoms with Gasteiger partial charge in [-0.2, -0.15) is 5.21 Å². The monoisotopic (exact) mass is 329 g/mol. The first-order chi connectivity index (χ1) is 11.2. The summed E-state index contributed by atoms with van der Waals surface area (Å²) in [5.74, 6) is 0.233. The first-order valence-electron chi connectivity index (χ1n) is 7.05. The van der Waals surface area contributed by atoms with E-state index in [0.717, 1.165) is 18.5 Å². The van der Waals surface area contributed by atoms with Gasteiger partial charge in [0, 0.05) is 17.5 Å². The van der Waals surface area contributed by atoms with E-state index < -0.39 is 0 Å². The summed E-state index contributed by atoms with van der Waals surface area (Å²) in [5, 5.41) is 19.2. The summed E-state index contributed by atoms with van der Waals surface area (Å²) in [4.78, 5) is 16.5. The number of nitrogen functional groups attached to an aromatic ring is 1. The van der Waals surface area contributed by atoms with Gasteiger partial charge in [-0.25, -0.2) is 4.98 Å². The number of benzene rings is 1. The third kappa shape index (κ3) is 3.69. The molecule has 1 amide bonds. The van der Waals surface area contributed by atoms with Gasteiger partial charge in [-0.05, 0) is 24.1 Å². The first-order valence-corrected chi connectivity index (χ1v) is 7.93. The Bertz CT molecular complexity index is 784. The van der Waals surface area contributed by atoms with E-state index in [9.17, 15) is 4.79 Å². The van der Waals surface area contributed by atoms with Crippen LogP contribution in [0.15, 0.2) is 29.6 Å². The Hall–Kier alpha value is -2.81. The Kier molecular flexibility index (Phi) is 4.57. The normalized spacial score (nSPS) is 10.6. The van der Waals surface area contributed by atoms with Crippen molar-refractivity contribution < 1.29 is 4.79 Å². The number of aromatic nitrogens is 5. The number of H-pyrrole nitrogens is 1. The minimum Gasteiger partial charge on any atom is -0.375 e. The van der Waals surface area contributed by atoms with Crippen molar-refractivity contribution in [2.75, 3.05) is 12.3 Å². The molecule has 9 heteroatoms. The van der Waals surface area contributed by atoms with E-state index in [1.54, 1.807) is 18.2 Å². The predicted octanol–water partition coefficient (Wildman–Crippen LogP) is 1.27. The van der Waals surface area contributed by atoms with Gasteiger partial charge in [-0.15, -0.1) is 21.5 Å². The van der Waals surface area contributed by atoms with Crippen LogP contribution in [-0.2, 0) is 6.42 Å². The van der Waals surface area contributed by atoms with Gasteiger partial charge in [-0.1, -0.05) is 18.2 Å². The third-order valence-corrected chi connectivity index (χ3v) is 3.95. The van der Waals surface area contributed by atoms with Gasteiger partial charge in [0.1, 0.15) is 0 Å². The number of amides is 1. The van der Waals surface area contributed by atoms with Gasteiger partial charge in [0.25, 0.3) is 5.91 Å². The van der Waals surface area contributed by atoms with Crippen LogP contribution in [0.1, 0.15) is 22.5 Å². The van der Waals surface area contributed by atoms with E-state index in [4.69, 9.17) is 5.73 Å². The van der Waals surface area contributed by atoms with Crippen molar-refractivity contribution in [3.8, 4) is 11.4 Å². The molecule has 0 atom stereocenters. The molecule has 0 spiro atoms. The van der Waals surface area contributed by atoms with Crippen LogP contribution in [0.4, 0.5) is 5.13 Å². The van der Waals surface area contributed by atoms with E-state index in [-0.39, 0.29) is 5.91 Å². The molecule has 0 saturated carbocycles. The number of aryl methyl sites for hydroxylation is 1. The van der Waals surface area contributed by atoms with Crippen LogP contribution in [-0.4, -0.2) is 38.1 Å². The standard InChI is InChI=1S/C14H15N7OS/c15-14-17-9(8-23-14)4-3-7-16-13(22)11-6-2-1-5-10(11)12-18-20-21-19-12/h1-2,5-6,8H,3-4,7H2,(H2,15,17)(H,16,22)(H,18,19,20,21). The summed E-state index contributed by atoms with van der Waals surface area (Å²) in [6.07, 6.45) is 1.57. The molecule has 118 valence electrons. The number of aromatic amines is 1. The molecule has 0 aliphatic carbocycles. The molecule has 1 aromatic carbocycles. The molecule has 2 heterocycles. The highest BCUT2D eigenvalue weighted by Crippen LogP contribution is 2.18. The van der Waals surface area contributed by atoms with Crippen LogP contribution < -0.4 is 11.1 Å². The van der Waals surface area contributed by atoms with Crippen LogP contribution in [0.3, 0.4) is 0 Å². The second kappa shape index (κ2) is 6.97. The molecular weight excluding hydrogens is 314 g/mol. The molecule has 0 aliphatic heterocycles. The van der Waals surface area contributed by atoms with Crippen LogP contribution >= 0.6 is 11.3 Å². The highest BCUT2D eigenvalue weighted by molar-refractivity contribution is 7.13. The quantitative estimate of drug-likeness (QED) is 0.585. The maximum Gasteiger partial charge on any atom is 0.252 e. The molecule has 0 radical (unpaired) electrons. The highest BCUT2D eigenvalue weighted by atomic mass is 32.1. The third-order valence-electron chi connectivity index (χ3n) is 3.22. The summed E-state index contributed by atoms with van der Waals surface area (Å²) in [5.41, 5.74) is 7.71. The van der Waals surface area contributed by atoms with Crippen molar-refractivity contribution >= 4 is 22.4 Å². The van der Waals surface area contributed by atoms with E-state index in [1.807, 2.05) is 11.4 Å². The fraction of sp³-hybridized carbons (Fsp3) is 0.214. The lowest BCUT2D eigenvalue weighted by Gasteiger charge is -2.07. The zero-order chi connectivity index (χ0) is 16.1. The average molecular weight is 329 g/mol. The topological polar surface area (TPSA) is 122 Å². The number of hydrogen-bond donors (Lipinski definition) is 3. The van der Waals surface area contributed by atoms with Crippen molar-refractivity contribution in [3.05, 3.63) is 40.9 Å². The predicted molar refractivity (Wildman–Crippen MR) is 86.8 cm³/mol. The first kappa shape index (κ1) is 15.1. The molecular formula is C14H15N7OS. The Morgan fingerprint density at radius 3 is 2.96 bits per heavy atom. The van der Waals surface area contributed by atoms with Crippen molar-refractivity contribution in [2.24, 2.45) is 0 Å². The van der Waals surface area contributed by atoms with Crippen molar-refractivity contribution in [1.82, 2.24) is 30.9 Å². The number of rotatable bonds is 6. The maximum atomic E-state index is 12.3. The van der Waals surface area contributed by atoms with Gasteiger partial charge in [-0.3, -0.25) is 4.79 Å². The Balaban J connectivity index is 1.58. The summed E-state index contributed by atoms with van der Waals surface area (Å²) in [6.45, 7) is 0.552. The average Bonchev–Trinajstić information content (AvgIpc) is 3.23. The van der Waals surface area contributed by atoms with Gasteiger partial charge >= 0.3 is 0 Å². The van der Waals surface area contributed by atoms with Crippen LogP contribution in [0.2, 0.25) is 0 Å². The molecule has 0 unspecified atom stereocenters. The molecule has 0 aliphatic rings. The van der Waals surface area contributed by atoms with Gasteiger partial charge in [0.2, 0.25) is 5.82 Å². The lowest BCUT2D eigenvalue weighted by Crippen LogP contribution is -2.25. The fourth-order valence-electron chi connectivity index (χ4n) is 2.16.